The highest BCUT2D eigenvalue weighted by molar-refractivity contribution is 5.95. The first-order valence-electron chi connectivity index (χ1n) is 21.7. The van der Waals surface area contributed by atoms with E-state index in [0.29, 0.717) is 17.8 Å². The number of unbranched alkanes of at least 4 members (excludes halogenated alkanes) is 3. The van der Waals surface area contributed by atoms with Crippen LogP contribution in [0.1, 0.15) is 132 Å². The van der Waals surface area contributed by atoms with Gasteiger partial charge < -0.3 is 0 Å². The number of allylic oxidation sites excluding steroid dienone is 16. The highest BCUT2D eigenvalue weighted by Crippen LogP contribution is 2.54. The van der Waals surface area contributed by atoms with Crippen molar-refractivity contribution in [3.8, 4) is 0 Å². The Kier molecular flexibility index (Phi) is 12.1. The van der Waals surface area contributed by atoms with Crippen molar-refractivity contribution in [3.63, 3.8) is 0 Å². The molecular weight excluding hydrogens is 673 g/mol. The van der Waals surface area contributed by atoms with Crippen LogP contribution in [0.25, 0.3) is 16.7 Å². The van der Waals surface area contributed by atoms with Gasteiger partial charge in [-0.3, -0.25) is 0 Å². The first-order chi connectivity index (χ1) is 26.9. The molecule has 0 radical (unpaired) electrons. The monoisotopic (exact) mass is 739 g/mol. The van der Waals surface area contributed by atoms with Gasteiger partial charge in [0, 0.05) is 17.8 Å². The summed E-state index contributed by atoms with van der Waals surface area (Å²) in [5.41, 5.74) is 25.2. The molecule has 0 nitrogen and oxygen atoms in total. The molecule has 5 aliphatic rings. The van der Waals surface area contributed by atoms with Crippen LogP contribution in [0.2, 0.25) is 0 Å². The van der Waals surface area contributed by atoms with E-state index in [0.717, 1.165) is 57.8 Å². The van der Waals surface area contributed by atoms with Crippen molar-refractivity contribution in [2.45, 2.75) is 118 Å². The van der Waals surface area contributed by atoms with Crippen molar-refractivity contribution >= 4 is 16.7 Å². The van der Waals surface area contributed by atoms with Gasteiger partial charge in [-0.05, 0) is 166 Å². The fourth-order valence-electron chi connectivity index (χ4n) is 10.8. The van der Waals surface area contributed by atoms with Crippen LogP contribution in [0.4, 0.5) is 0 Å². The molecule has 0 heteroatoms. The minimum Gasteiger partial charge on any atom is -0.0999 e. The predicted molar refractivity (Wildman–Crippen MR) is 245 cm³/mol. The Morgan fingerprint density at radius 2 is 1.50 bits per heavy atom. The molecular formula is C56H66. The second kappa shape index (κ2) is 17.0. The highest BCUT2D eigenvalue weighted by Gasteiger charge is 2.39. The molecule has 0 spiro atoms. The molecule has 7 rings (SSSR count). The number of aryl methyl sites for hydroxylation is 2. The standard InChI is InChI=1S/C56H66/c1-35(25-29-46-20-16-22-49-43(9)54(44(10)55(46)49)48-21-15-19-37(3)31-41(48)7)17-13-11-12-14-18-38(4)32-47-34-51(45-27-23-36(2)24-28-45)56-42(8)40(6)33-52(56)53-39(5)26-30-50(47)53/h16,20,22-24,26-28,30,34,47-48,53-54H,1,3-4,7,9-15,17-19,21,25,29,31-33H2,2,5-6,8H3. The molecule has 56 heavy (non-hydrogen) atoms. The van der Waals surface area contributed by atoms with Gasteiger partial charge >= 0.3 is 0 Å². The van der Waals surface area contributed by atoms with Crippen LogP contribution in [-0.4, -0.2) is 0 Å². The molecule has 0 saturated heterocycles. The van der Waals surface area contributed by atoms with Crippen LogP contribution in [0.15, 0.2) is 156 Å². The maximum absolute atomic E-state index is 4.69. The maximum Gasteiger partial charge on any atom is 0.0238 e. The van der Waals surface area contributed by atoms with Gasteiger partial charge in [-0.2, -0.15) is 0 Å². The molecule has 2 aromatic carbocycles. The zero-order chi connectivity index (χ0) is 39.7. The summed E-state index contributed by atoms with van der Waals surface area (Å²) in [7, 11) is 0. The molecule has 290 valence electrons. The lowest BCUT2D eigenvalue weighted by molar-refractivity contribution is 0.505. The maximum atomic E-state index is 4.69. The third kappa shape index (κ3) is 8.05. The van der Waals surface area contributed by atoms with Gasteiger partial charge in [-0.15, -0.1) is 0 Å². The van der Waals surface area contributed by atoms with Gasteiger partial charge in [0.1, 0.15) is 0 Å². The van der Waals surface area contributed by atoms with E-state index < -0.39 is 0 Å². The largest absolute Gasteiger partial charge is 0.0999 e. The summed E-state index contributed by atoms with van der Waals surface area (Å²) < 4.78 is 0. The molecule has 1 fully saturated rings. The van der Waals surface area contributed by atoms with Crippen LogP contribution in [-0.2, 0) is 6.42 Å². The Morgan fingerprint density at radius 1 is 0.768 bits per heavy atom. The molecule has 0 aromatic heterocycles. The molecule has 4 unspecified atom stereocenters. The van der Waals surface area contributed by atoms with Crippen LogP contribution in [0.5, 0.6) is 0 Å². The fourth-order valence-corrected chi connectivity index (χ4v) is 10.8. The number of benzene rings is 2. The normalized spacial score (nSPS) is 23.4. The van der Waals surface area contributed by atoms with Gasteiger partial charge in [0.05, 0.1) is 0 Å². The molecule has 0 aliphatic heterocycles. The average molecular weight is 739 g/mol. The number of hydrogen-bond acceptors (Lipinski definition) is 0. The highest BCUT2D eigenvalue weighted by atomic mass is 14.4. The Labute approximate surface area is 340 Å². The second-order valence-corrected chi connectivity index (χ2v) is 18.1. The fraction of sp³-hybridized carbons (Fsp3) is 0.393. The Balaban J connectivity index is 0.897. The molecule has 2 aromatic rings. The number of hydrogen-bond donors (Lipinski definition) is 0. The minimum absolute atomic E-state index is 0.269. The van der Waals surface area contributed by atoms with Crippen molar-refractivity contribution in [1.82, 2.24) is 0 Å². The van der Waals surface area contributed by atoms with E-state index in [4.69, 9.17) is 0 Å². The summed E-state index contributed by atoms with van der Waals surface area (Å²) in [6.07, 6.45) is 23.1. The van der Waals surface area contributed by atoms with Gasteiger partial charge in [-0.1, -0.05) is 158 Å². The van der Waals surface area contributed by atoms with Crippen molar-refractivity contribution in [1.29, 1.82) is 0 Å². The smallest absolute Gasteiger partial charge is 0.0238 e. The van der Waals surface area contributed by atoms with Crippen molar-refractivity contribution in [3.05, 3.63) is 184 Å². The third-order valence-corrected chi connectivity index (χ3v) is 14.0. The first-order valence-corrected chi connectivity index (χ1v) is 21.7. The average Bonchev–Trinajstić information content (AvgIpc) is 3.69. The van der Waals surface area contributed by atoms with Gasteiger partial charge in [0.2, 0.25) is 0 Å². The Morgan fingerprint density at radius 3 is 2.25 bits per heavy atom. The summed E-state index contributed by atoms with van der Waals surface area (Å²) in [5.74, 6) is 1.48. The van der Waals surface area contributed by atoms with E-state index in [9.17, 15) is 0 Å². The molecule has 0 heterocycles. The molecule has 0 bridgehead atoms. The molecule has 1 saturated carbocycles. The van der Waals surface area contributed by atoms with Gasteiger partial charge in [0.15, 0.2) is 0 Å². The number of rotatable bonds is 14. The SMILES string of the molecule is C=C(CCCCCCC(=C)CC1C=C(c2ccc(C)cc2)C2=C(CC(C)=C2C)C2C(C)=CC=C12)CCc1cccc2c1C(=C)C(C1CCCC(=C)CC1=C)C2=C. The Bertz CT molecular complexity index is 2140. The van der Waals surface area contributed by atoms with E-state index in [-0.39, 0.29) is 5.92 Å². The summed E-state index contributed by atoms with van der Waals surface area (Å²) in [6.45, 7) is 36.5. The lowest BCUT2D eigenvalue weighted by Gasteiger charge is -2.26. The van der Waals surface area contributed by atoms with E-state index >= 15 is 0 Å². The quantitative estimate of drug-likeness (QED) is 0.103. The van der Waals surface area contributed by atoms with E-state index in [1.165, 1.54) is 121 Å². The molecule has 0 amide bonds. The summed E-state index contributed by atoms with van der Waals surface area (Å²) in [5, 5.41) is 0. The minimum atomic E-state index is 0.269. The van der Waals surface area contributed by atoms with Crippen molar-refractivity contribution in [2.75, 3.05) is 0 Å². The topological polar surface area (TPSA) is 0 Å². The molecule has 5 aliphatic carbocycles. The van der Waals surface area contributed by atoms with Crippen LogP contribution >= 0.6 is 0 Å². The lowest BCUT2D eigenvalue weighted by Crippen LogP contribution is -2.15. The summed E-state index contributed by atoms with van der Waals surface area (Å²) >= 11 is 0. The van der Waals surface area contributed by atoms with Crippen molar-refractivity contribution in [2.24, 2.45) is 23.7 Å². The third-order valence-electron chi connectivity index (χ3n) is 14.0. The van der Waals surface area contributed by atoms with E-state index in [2.05, 4.69) is 128 Å². The van der Waals surface area contributed by atoms with Gasteiger partial charge in [0.25, 0.3) is 0 Å². The number of fused-ring (bicyclic) bond motifs is 3. The first kappa shape index (κ1) is 39.8. The van der Waals surface area contributed by atoms with Crippen LogP contribution in [0.3, 0.4) is 0 Å². The Hall–Kier alpha value is -4.42. The molecule has 4 atom stereocenters. The predicted octanol–water partition coefficient (Wildman–Crippen LogP) is 16.0. The molecule has 0 N–H and O–H groups in total. The zero-order valence-electron chi connectivity index (χ0n) is 35.2. The summed E-state index contributed by atoms with van der Waals surface area (Å²) in [6, 6.07) is 16.0. The second-order valence-electron chi connectivity index (χ2n) is 18.1. The zero-order valence-corrected chi connectivity index (χ0v) is 35.2. The lowest BCUT2D eigenvalue weighted by atomic mass is 9.77. The van der Waals surface area contributed by atoms with E-state index in [1.54, 1.807) is 11.1 Å². The summed E-state index contributed by atoms with van der Waals surface area (Å²) in [4.78, 5) is 0. The van der Waals surface area contributed by atoms with Gasteiger partial charge in [-0.25, -0.2) is 0 Å². The van der Waals surface area contributed by atoms with Crippen LogP contribution < -0.4 is 0 Å². The van der Waals surface area contributed by atoms with Crippen molar-refractivity contribution < 1.29 is 0 Å². The van der Waals surface area contributed by atoms with E-state index in [1.807, 2.05) is 0 Å². The van der Waals surface area contributed by atoms with Crippen LogP contribution in [0, 0.1) is 30.6 Å².